The van der Waals surface area contributed by atoms with Crippen molar-refractivity contribution in [1.82, 2.24) is 15.1 Å². The fraction of sp³-hybridized carbons (Fsp3) is 0.375. The smallest absolute Gasteiger partial charge is 0.393 e. The number of rotatable bonds is 4. The predicted octanol–water partition coefficient (Wildman–Crippen LogP) is 3.43. The summed E-state index contributed by atoms with van der Waals surface area (Å²) in [6, 6.07) is 7.01. The van der Waals surface area contributed by atoms with E-state index in [0.717, 1.165) is 5.56 Å². The zero-order valence-corrected chi connectivity index (χ0v) is 13.7. The zero-order chi connectivity index (χ0) is 18.2. The molecule has 1 aromatic carbocycles. The Kier molecular flexibility index (Phi) is 4.75. The van der Waals surface area contributed by atoms with E-state index in [-0.39, 0.29) is 19.6 Å². The normalized spacial score (nSPS) is 21.6. The summed E-state index contributed by atoms with van der Waals surface area (Å²) in [7, 11) is 0. The summed E-state index contributed by atoms with van der Waals surface area (Å²) in [5.41, 5.74) is 2.11. The van der Waals surface area contributed by atoms with E-state index in [0.29, 0.717) is 16.3 Å². The van der Waals surface area contributed by atoms with Gasteiger partial charge in [0.05, 0.1) is 23.7 Å². The molecule has 0 unspecified atom stereocenters. The molecule has 9 heteroatoms. The third-order valence-corrected chi connectivity index (χ3v) is 4.59. The maximum atomic E-state index is 13.1. The highest BCUT2D eigenvalue weighted by molar-refractivity contribution is 6.30. The minimum absolute atomic E-state index is 0.153. The first-order valence-corrected chi connectivity index (χ1v) is 7.93. The van der Waals surface area contributed by atoms with Gasteiger partial charge in [-0.05, 0) is 12.1 Å². The van der Waals surface area contributed by atoms with E-state index in [1.807, 2.05) is 6.07 Å². The first kappa shape index (κ1) is 17.8. The average Bonchev–Trinajstić information content (AvgIpc) is 3.14. The quantitative estimate of drug-likeness (QED) is 0.861. The Bertz CT molecular complexity index is 778. The molecule has 3 rings (SSSR count). The second-order valence-electron chi connectivity index (χ2n) is 6.07. The number of benzene rings is 1. The molecular weight excluding hydrogens is 359 g/mol. The van der Waals surface area contributed by atoms with E-state index in [2.05, 4.69) is 10.2 Å². The molecule has 0 spiro atoms. The second kappa shape index (κ2) is 6.68. The number of hydrogen-bond acceptors (Lipinski definition) is 3. The number of alkyl halides is 3. The average molecular weight is 374 g/mol. The standard InChI is InChI=1S/C16H15ClF3N3O2/c17-11-3-1-2-9(4-11)14-10(5-21-22-14)6-23-7-12(15(24)25)13(8-23)16(18,19)20/h1-5,12-13H,6-8H2,(H,21,22)(H,24,25)/t12-,13-/m1/s1. The predicted molar refractivity (Wildman–Crippen MR) is 85.0 cm³/mol. The lowest BCUT2D eigenvalue weighted by molar-refractivity contribution is -0.188. The van der Waals surface area contributed by atoms with Gasteiger partial charge in [-0.1, -0.05) is 23.7 Å². The van der Waals surface area contributed by atoms with Gasteiger partial charge >= 0.3 is 12.1 Å². The number of carboxylic acids is 1. The van der Waals surface area contributed by atoms with Gasteiger partial charge in [0.15, 0.2) is 0 Å². The van der Waals surface area contributed by atoms with Crippen molar-refractivity contribution < 1.29 is 23.1 Å². The first-order chi connectivity index (χ1) is 11.8. The number of likely N-dealkylation sites (tertiary alicyclic amines) is 1. The van der Waals surface area contributed by atoms with Crippen LogP contribution in [0.3, 0.4) is 0 Å². The molecule has 0 radical (unpaired) electrons. The van der Waals surface area contributed by atoms with Crippen LogP contribution >= 0.6 is 11.6 Å². The van der Waals surface area contributed by atoms with Crippen LogP contribution in [0.25, 0.3) is 11.3 Å². The van der Waals surface area contributed by atoms with E-state index in [1.54, 1.807) is 18.2 Å². The molecule has 0 bridgehead atoms. The molecule has 134 valence electrons. The van der Waals surface area contributed by atoms with Crippen LogP contribution in [0.5, 0.6) is 0 Å². The molecule has 0 amide bonds. The largest absolute Gasteiger partial charge is 0.481 e. The van der Waals surface area contributed by atoms with Crippen molar-refractivity contribution in [1.29, 1.82) is 0 Å². The van der Waals surface area contributed by atoms with Crippen molar-refractivity contribution >= 4 is 17.6 Å². The number of aliphatic carboxylic acids is 1. The molecule has 25 heavy (non-hydrogen) atoms. The van der Waals surface area contributed by atoms with E-state index in [9.17, 15) is 18.0 Å². The SMILES string of the molecule is O=C(O)[C@@H]1CN(Cc2cn[nH]c2-c2cccc(Cl)c2)C[C@H]1C(F)(F)F. The summed E-state index contributed by atoms with van der Waals surface area (Å²) in [4.78, 5) is 12.7. The maximum Gasteiger partial charge on any atom is 0.393 e. The van der Waals surface area contributed by atoms with Crippen molar-refractivity contribution in [3.63, 3.8) is 0 Å². The molecule has 1 aromatic heterocycles. The summed E-state index contributed by atoms with van der Waals surface area (Å²) in [5, 5.41) is 16.4. The van der Waals surface area contributed by atoms with Gasteiger partial charge < -0.3 is 5.11 Å². The van der Waals surface area contributed by atoms with Crippen LogP contribution < -0.4 is 0 Å². The molecule has 0 saturated carbocycles. The summed E-state index contributed by atoms with van der Waals surface area (Å²) in [6.45, 7) is -0.324. The minimum Gasteiger partial charge on any atom is -0.481 e. The molecule has 1 saturated heterocycles. The monoisotopic (exact) mass is 373 g/mol. The second-order valence-corrected chi connectivity index (χ2v) is 6.50. The zero-order valence-electron chi connectivity index (χ0n) is 12.9. The Morgan fingerprint density at radius 2 is 2.16 bits per heavy atom. The van der Waals surface area contributed by atoms with Gasteiger partial charge in [-0.2, -0.15) is 18.3 Å². The number of hydrogen-bond donors (Lipinski definition) is 2. The lowest BCUT2D eigenvalue weighted by Crippen LogP contribution is -2.33. The van der Waals surface area contributed by atoms with Gasteiger partial charge in [0.25, 0.3) is 0 Å². The Morgan fingerprint density at radius 3 is 2.76 bits per heavy atom. The van der Waals surface area contributed by atoms with E-state index in [4.69, 9.17) is 16.7 Å². The first-order valence-electron chi connectivity index (χ1n) is 7.55. The van der Waals surface area contributed by atoms with E-state index < -0.39 is 24.0 Å². The van der Waals surface area contributed by atoms with Crippen molar-refractivity contribution in [2.24, 2.45) is 11.8 Å². The number of nitrogens with one attached hydrogen (secondary N) is 1. The number of carboxylic acid groups (broad SMARTS) is 1. The van der Waals surface area contributed by atoms with Crippen molar-refractivity contribution in [2.45, 2.75) is 12.7 Å². The fourth-order valence-electron chi connectivity index (χ4n) is 3.16. The van der Waals surface area contributed by atoms with Crippen molar-refractivity contribution in [3.8, 4) is 11.3 Å². The molecule has 1 aliphatic rings. The number of H-pyrrole nitrogens is 1. The molecule has 1 aliphatic heterocycles. The molecule has 1 fully saturated rings. The third kappa shape index (κ3) is 3.80. The van der Waals surface area contributed by atoms with Crippen LogP contribution in [0.1, 0.15) is 5.56 Å². The van der Waals surface area contributed by atoms with Crippen LogP contribution in [0, 0.1) is 11.8 Å². The van der Waals surface area contributed by atoms with Gasteiger partial charge in [-0.25, -0.2) is 0 Å². The molecule has 2 heterocycles. The number of halogens is 4. The van der Waals surface area contributed by atoms with Crippen LogP contribution in [-0.2, 0) is 11.3 Å². The third-order valence-electron chi connectivity index (χ3n) is 4.36. The van der Waals surface area contributed by atoms with Gasteiger partial charge in [0.2, 0.25) is 0 Å². The molecule has 2 aromatic rings. The number of nitrogens with zero attached hydrogens (tertiary/aromatic N) is 2. The van der Waals surface area contributed by atoms with Gasteiger partial charge in [0, 0.05) is 35.8 Å². The van der Waals surface area contributed by atoms with E-state index in [1.165, 1.54) is 11.1 Å². The molecular formula is C16H15ClF3N3O2. The molecule has 2 N–H and O–H groups in total. The lowest BCUT2D eigenvalue weighted by atomic mass is 9.96. The maximum absolute atomic E-state index is 13.1. The fourth-order valence-corrected chi connectivity index (χ4v) is 3.35. The Morgan fingerprint density at radius 1 is 1.40 bits per heavy atom. The van der Waals surface area contributed by atoms with Crippen molar-refractivity contribution in [3.05, 3.63) is 41.0 Å². The van der Waals surface area contributed by atoms with Gasteiger partial charge in [-0.3, -0.25) is 14.8 Å². The summed E-state index contributed by atoms with van der Waals surface area (Å²) in [6.07, 6.45) is -3.00. The molecule has 2 atom stereocenters. The topological polar surface area (TPSA) is 69.2 Å². The number of aromatic amines is 1. The highest BCUT2D eigenvalue weighted by atomic mass is 35.5. The van der Waals surface area contributed by atoms with Crippen LogP contribution in [0.4, 0.5) is 13.2 Å². The van der Waals surface area contributed by atoms with Gasteiger partial charge in [0.1, 0.15) is 0 Å². The summed E-state index contributed by atoms with van der Waals surface area (Å²) >= 11 is 5.97. The summed E-state index contributed by atoms with van der Waals surface area (Å²) in [5.74, 6) is -4.75. The van der Waals surface area contributed by atoms with Gasteiger partial charge in [-0.15, -0.1) is 0 Å². The number of carbonyl (C=O) groups is 1. The van der Waals surface area contributed by atoms with Crippen LogP contribution in [0.2, 0.25) is 5.02 Å². The highest BCUT2D eigenvalue weighted by Gasteiger charge is 2.52. The summed E-state index contributed by atoms with van der Waals surface area (Å²) < 4.78 is 39.3. The lowest BCUT2D eigenvalue weighted by Gasteiger charge is -2.18. The Hall–Kier alpha value is -2.06. The number of aromatic nitrogens is 2. The van der Waals surface area contributed by atoms with Crippen LogP contribution in [0.15, 0.2) is 30.5 Å². The Balaban J connectivity index is 1.80. The molecule has 5 nitrogen and oxygen atoms in total. The highest BCUT2D eigenvalue weighted by Crippen LogP contribution is 2.38. The minimum atomic E-state index is -4.54. The van der Waals surface area contributed by atoms with E-state index >= 15 is 0 Å². The van der Waals surface area contributed by atoms with Crippen molar-refractivity contribution in [2.75, 3.05) is 13.1 Å². The Labute approximate surface area is 146 Å². The molecule has 0 aliphatic carbocycles. The van der Waals surface area contributed by atoms with Crippen LogP contribution in [-0.4, -0.2) is 45.4 Å².